The van der Waals surface area contributed by atoms with Crippen LogP contribution in [0, 0.1) is 0 Å². The van der Waals surface area contributed by atoms with Gasteiger partial charge in [-0.1, -0.05) is 30.7 Å². The molecule has 1 N–H and O–H groups in total. The van der Waals surface area contributed by atoms with E-state index in [1.165, 1.54) is 12.1 Å². The van der Waals surface area contributed by atoms with Crippen molar-refractivity contribution in [1.82, 2.24) is 5.32 Å². The maximum absolute atomic E-state index is 12.5. The van der Waals surface area contributed by atoms with Crippen LogP contribution in [0.1, 0.15) is 18.9 Å². The molecule has 5 nitrogen and oxygen atoms in total. The molecule has 2 unspecified atom stereocenters. The average Bonchev–Trinajstić information content (AvgIpc) is 2.87. The van der Waals surface area contributed by atoms with Gasteiger partial charge in [0.15, 0.2) is 0 Å². The van der Waals surface area contributed by atoms with Crippen molar-refractivity contribution >= 4 is 21.7 Å². The van der Waals surface area contributed by atoms with Gasteiger partial charge in [-0.3, -0.25) is 0 Å². The van der Waals surface area contributed by atoms with Crippen LogP contribution in [-0.4, -0.2) is 27.6 Å². The molecule has 4 rings (SSSR count). The Labute approximate surface area is 152 Å². The highest BCUT2D eigenvalue weighted by atomic mass is 35.5. The Morgan fingerprint density at radius 1 is 1.28 bits per heavy atom. The van der Waals surface area contributed by atoms with Gasteiger partial charge < -0.3 is 14.2 Å². The lowest BCUT2D eigenvalue weighted by atomic mass is 9.74. The van der Waals surface area contributed by atoms with Crippen LogP contribution in [0.2, 0.25) is 5.02 Å². The van der Waals surface area contributed by atoms with E-state index in [1.807, 2.05) is 0 Å². The molecule has 0 radical (unpaired) electrons. The predicted molar refractivity (Wildman–Crippen MR) is 95.0 cm³/mol. The van der Waals surface area contributed by atoms with Gasteiger partial charge in [0.25, 0.3) is 0 Å². The topological polar surface area (TPSA) is 64.6 Å². The van der Waals surface area contributed by atoms with E-state index in [1.54, 1.807) is 30.3 Å². The van der Waals surface area contributed by atoms with E-state index in [2.05, 4.69) is 12.2 Å². The van der Waals surface area contributed by atoms with Crippen LogP contribution in [0.25, 0.3) is 0 Å². The van der Waals surface area contributed by atoms with E-state index in [4.69, 9.17) is 20.5 Å². The number of benzene rings is 2. The summed E-state index contributed by atoms with van der Waals surface area (Å²) in [6.45, 7) is 3.83. The van der Waals surface area contributed by atoms with E-state index < -0.39 is 10.1 Å². The summed E-state index contributed by atoms with van der Waals surface area (Å²) in [7, 11) is -4.00. The lowest BCUT2D eigenvalue weighted by Crippen LogP contribution is -2.49. The number of hydrogen-bond donors (Lipinski definition) is 1. The van der Waals surface area contributed by atoms with Crippen LogP contribution in [0.15, 0.2) is 47.4 Å². The first-order valence-electron chi connectivity index (χ1n) is 8.11. The Kier molecular flexibility index (Phi) is 3.94. The molecule has 0 aliphatic carbocycles. The maximum Gasteiger partial charge on any atom is 0.340 e. The van der Waals surface area contributed by atoms with Crippen molar-refractivity contribution in [2.45, 2.75) is 29.8 Å². The van der Waals surface area contributed by atoms with E-state index in [0.717, 1.165) is 30.8 Å². The second kappa shape index (κ2) is 5.90. The van der Waals surface area contributed by atoms with E-state index in [0.29, 0.717) is 0 Å². The molecule has 1 fully saturated rings. The summed E-state index contributed by atoms with van der Waals surface area (Å²) in [5.74, 6) is 1.06. The van der Waals surface area contributed by atoms with Crippen molar-refractivity contribution in [2.24, 2.45) is 0 Å². The molecule has 0 bridgehead atoms. The van der Waals surface area contributed by atoms with Crippen molar-refractivity contribution in [3.63, 3.8) is 0 Å². The first kappa shape index (κ1) is 16.7. The third-order valence-electron chi connectivity index (χ3n) is 5.01. The van der Waals surface area contributed by atoms with Crippen molar-refractivity contribution in [3.8, 4) is 11.5 Å². The standard InChI is InChI=1S/C18H18ClNO4S/c1-18-8-9-20-11-17(18)23-15-7-6-12(10-13(15)18)24-25(21,22)16-5-3-2-4-14(16)19/h2-7,10,17,20H,8-9,11H2,1H3. The van der Waals surface area contributed by atoms with E-state index >= 15 is 0 Å². The van der Waals surface area contributed by atoms with Crippen LogP contribution in [0.5, 0.6) is 11.5 Å². The molecule has 2 aliphatic rings. The first-order chi connectivity index (χ1) is 11.9. The molecule has 0 spiro atoms. The molecule has 1 saturated heterocycles. The number of halogens is 1. The molecule has 2 aromatic rings. The molecule has 7 heteroatoms. The number of rotatable bonds is 3. The zero-order valence-electron chi connectivity index (χ0n) is 13.7. The molecular weight excluding hydrogens is 362 g/mol. The summed E-state index contributed by atoms with van der Waals surface area (Å²) < 4.78 is 36.4. The minimum Gasteiger partial charge on any atom is -0.488 e. The SMILES string of the molecule is CC12CCNCC1Oc1ccc(OS(=O)(=O)c3ccccc3Cl)cc12. The van der Waals surface area contributed by atoms with Gasteiger partial charge in [-0.15, -0.1) is 0 Å². The van der Waals surface area contributed by atoms with E-state index in [9.17, 15) is 8.42 Å². The van der Waals surface area contributed by atoms with Crippen LogP contribution >= 0.6 is 11.6 Å². The fourth-order valence-electron chi connectivity index (χ4n) is 3.53. The van der Waals surface area contributed by atoms with Gasteiger partial charge in [0.05, 0.1) is 5.02 Å². The normalized spacial score (nSPS) is 25.0. The molecular formula is C18H18ClNO4S. The number of ether oxygens (including phenoxy) is 1. The Morgan fingerprint density at radius 2 is 2.08 bits per heavy atom. The smallest absolute Gasteiger partial charge is 0.340 e. The molecule has 0 saturated carbocycles. The Balaban J connectivity index is 1.68. The van der Waals surface area contributed by atoms with Gasteiger partial charge in [0, 0.05) is 17.5 Å². The minimum atomic E-state index is -4.00. The zero-order valence-corrected chi connectivity index (χ0v) is 15.2. The Hall–Kier alpha value is -1.76. The van der Waals surface area contributed by atoms with Crippen LogP contribution in [0.4, 0.5) is 0 Å². The summed E-state index contributed by atoms with van der Waals surface area (Å²) in [6.07, 6.45) is 0.970. The molecule has 0 aromatic heterocycles. The predicted octanol–water partition coefficient (Wildman–Crippen LogP) is 3.12. The molecule has 0 amide bonds. The summed E-state index contributed by atoms with van der Waals surface area (Å²) in [5.41, 5.74) is 0.847. The largest absolute Gasteiger partial charge is 0.488 e. The fraction of sp³-hybridized carbons (Fsp3) is 0.333. The number of fused-ring (bicyclic) bond motifs is 3. The molecule has 2 aromatic carbocycles. The number of nitrogens with one attached hydrogen (secondary N) is 1. The highest BCUT2D eigenvalue weighted by Gasteiger charge is 2.46. The van der Waals surface area contributed by atoms with Gasteiger partial charge in [-0.2, -0.15) is 8.42 Å². The van der Waals surface area contributed by atoms with Gasteiger partial charge >= 0.3 is 10.1 Å². The summed E-state index contributed by atoms with van der Waals surface area (Å²) in [4.78, 5) is -0.0423. The second-order valence-corrected chi connectivity index (χ2v) is 8.53. The van der Waals surface area contributed by atoms with Crippen LogP contribution in [-0.2, 0) is 15.5 Å². The molecule has 2 aliphatic heterocycles. The summed E-state index contributed by atoms with van der Waals surface area (Å²) >= 11 is 6.00. The van der Waals surface area contributed by atoms with E-state index in [-0.39, 0.29) is 27.2 Å². The summed E-state index contributed by atoms with van der Waals surface area (Å²) in [6, 6.07) is 11.4. The highest BCUT2D eigenvalue weighted by Crippen LogP contribution is 2.47. The van der Waals surface area contributed by atoms with Crippen LogP contribution in [0.3, 0.4) is 0 Å². The maximum atomic E-state index is 12.5. The Morgan fingerprint density at radius 3 is 2.88 bits per heavy atom. The van der Waals surface area contributed by atoms with Crippen molar-refractivity contribution in [2.75, 3.05) is 13.1 Å². The third-order valence-corrected chi connectivity index (χ3v) is 6.76. The van der Waals surface area contributed by atoms with Gasteiger partial charge in [-0.05, 0) is 43.3 Å². The van der Waals surface area contributed by atoms with Crippen molar-refractivity contribution in [3.05, 3.63) is 53.1 Å². The molecule has 2 heterocycles. The van der Waals surface area contributed by atoms with Gasteiger partial charge in [0.1, 0.15) is 22.5 Å². The molecule has 132 valence electrons. The zero-order chi connectivity index (χ0) is 17.7. The van der Waals surface area contributed by atoms with Crippen molar-refractivity contribution in [1.29, 1.82) is 0 Å². The number of hydrogen-bond acceptors (Lipinski definition) is 5. The molecule has 2 atom stereocenters. The van der Waals surface area contributed by atoms with Gasteiger partial charge in [-0.25, -0.2) is 0 Å². The minimum absolute atomic E-state index is 0.0423. The van der Waals surface area contributed by atoms with Gasteiger partial charge in [0.2, 0.25) is 0 Å². The monoisotopic (exact) mass is 379 g/mol. The lowest BCUT2D eigenvalue weighted by Gasteiger charge is -2.35. The summed E-state index contributed by atoms with van der Waals surface area (Å²) in [5, 5.41) is 3.47. The highest BCUT2D eigenvalue weighted by molar-refractivity contribution is 7.87. The average molecular weight is 380 g/mol. The molecule has 25 heavy (non-hydrogen) atoms. The third kappa shape index (κ3) is 2.78. The lowest BCUT2D eigenvalue weighted by molar-refractivity contribution is 0.124. The quantitative estimate of drug-likeness (QED) is 0.830. The number of piperidine rings is 1. The first-order valence-corrected chi connectivity index (χ1v) is 9.90. The van der Waals surface area contributed by atoms with Crippen molar-refractivity contribution < 1.29 is 17.3 Å². The van der Waals surface area contributed by atoms with Crippen LogP contribution < -0.4 is 14.2 Å². The second-order valence-electron chi connectivity index (χ2n) is 6.60. The Bertz CT molecular complexity index is 930. The fourth-order valence-corrected chi connectivity index (χ4v) is 4.95.